The quantitative estimate of drug-likeness (QED) is 0.612. The molecule has 0 saturated heterocycles. The third-order valence-corrected chi connectivity index (χ3v) is 6.09. The molecule has 0 saturated carbocycles. The number of hydrogen-bond donors (Lipinski definition) is 1. The van der Waals surface area contributed by atoms with Gasteiger partial charge in [-0.2, -0.15) is 0 Å². The third kappa shape index (κ3) is 1.65. The van der Waals surface area contributed by atoms with Gasteiger partial charge in [0.15, 0.2) is 0 Å². The van der Waals surface area contributed by atoms with Gasteiger partial charge in [-0.05, 0) is 40.2 Å². The maximum absolute atomic E-state index is 5.89. The average molecular weight is 310 g/mol. The van der Waals surface area contributed by atoms with Crippen LogP contribution in [0.4, 0.5) is 5.69 Å². The van der Waals surface area contributed by atoms with E-state index in [2.05, 4.69) is 46.3 Å². The normalized spacial score (nSPS) is 13.1. The first-order valence-corrected chi connectivity index (χ1v) is 7.21. The fourth-order valence-electron chi connectivity index (χ4n) is 1.58. The number of fused-ring (bicyclic) bond motifs is 2. The van der Waals surface area contributed by atoms with Gasteiger partial charge < -0.3 is 5.73 Å². The van der Waals surface area contributed by atoms with Crippen molar-refractivity contribution < 1.29 is 0 Å². The molecule has 0 atom stereocenters. The summed E-state index contributed by atoms with van der Waals surface area (Å²) in [5.74, 6) is 0. The topological polar surface area (TPSA) is 26.0 Å². The molecule has 0 bridgehead atoms. The van der Waals surface area contributed by atoms with Crippen molar-refractivity contribution >= 4 is 45.1 Å². The van der Waals surface area contributed by atoms with Crippen LogP contribution in [0.3, 0.4) is 0 Å². The highest BCUT2D eigenvalue weighted by molar-refractivity contribution is 9.10. The zero-order chi connectivity index (χ0) is 11.1. The monoisotopic (exact) mass is 309 g/mol. The number of anilines is 1. The van der Waals surface area contributed by atoms with Gasteiger partial charge in [0.25, 0.3) is 0 Å². The van der Waals surface area contributed by atoms with Crippen molar-refractivity contribution in [3.05, 3.63) is 40.9 Å². The molecule has 0 spiro atoms. The van der Waals surface area contributed by atoms with Crippen molar-refractivity contribution in [3.8, 4) is 0 Å². The van der Waals surface area contributed by atoms with Gasteiger partial charge in [-0.15, -0.1) is 0 Å². The molecule has 0 amide bonds. The molecular weight excluding hydrogens is 302 g/mol. The summed E-state index contributed by atoms with van der Waals surface area (Å²) < 4.78 is 1.01. The van der Waals surface area contributed by atoms with E-state index < -0.39 is 0 Å². The standard InChI is InChI=1S/C12H8BrNS2/c13-11-7(14)5-6-10-12(11)16-9-4-2-1-3-8(9)15-10/h1-6H,14H2. The van der Waals surface area contributed by atoms with Gasteiger partial charge in [0.05, 0.1) is 4.47 Å². The summed E-state index contributed by atoms with van der Waals surface area (Å²) in [6.45, 7) is 0. The average Bonchev–Trinajstić information content (AvgIpc) is 2.32. The molecule has 0 radical (unpaired) electrons. The van der Waals surface area contributed by atoms with Gasteiger partial charge in [0.2, 0.25) is 0 Å². The minimum absolute atomic E-state index is 0.797. The van der Waals surface area contributed by atoms with Crippen molar-refractivity contribution in [1.29, 1.82) is 0 Å². The first kappa shape index (κ1) is 10.6. The predicted octanol–water partition coefficient (Wildman–Crippen LogP) is 4.65. The molecule has 4 heteroatoms. The van der Waals surface area contributed by atoms with E-state index in [1.165, 1.54) is 19.6 Å². The van der Waals surface area contributed by atoms with Crippen molar-refractivity contribution in [2.45, 2.75) is 19.6 Å². The zero-order valence-corrected chi connectivity index (χ0v) is 11.5. The van der Waals surface area contributed by atoms with Gasteiger partial charge in [-0.25, -0.2) is 0 Å². The molecule has 0 unspecified atom stereocenters. The van der Waals surface area contributed by atoms with Crippen LogP contribution >= 0.6 is 39.5 Å². The van der Waals surface area contributed by atoms with E-state index in [9.17, 15) is 0 Å². The molecule has 16 heavy (non-hydrogen) atoms. The number of halogens is 1. The van der Waals surface area contributed by atoms with Crippen LogP contribution in [-0.2, 0) is 0 Å². The number of rotatable bonds is 0. The largest absolute Gasteiger partial charge is 0.398 e. The number of nitrogens with two attached hydrogens (primary N) is 1. The first-order valence-electron chi connectivity index (χ1n) is 4.78. The summed E-state index contributed by atoms with van der Waals surface area (Å²) >= 11 is 7.13. The lowest BCUT2D eigenvalue weighted by Gasteiger charge is -2.19. The van der Waals surface area contributed by atoms with Crippen LogP contribution in [0.5, 0.6) is 0 Å². The van der Waals surface area contributed by atoms with E-state index in [0.29, 0.717) is 0 Å². The summed E-state index contributed by atoms with van der Waals surface area (Å²) in [4.78, 5) is 5.11. The molecule has 1 heterocycles. The minimum Gasteiger partial charge on any atom is -0.398 e. The Bertz CT molecular complexity index is 569. The maximum Gasteiger partial charge on any atom is 0.0555 e. The fraction of sp³-hybridized carbons (Fsp3) is 0. The highest BCUT2D eigenvalue weighted by atomic mass is 79.9. The summed E-state index contributed by atoms with van der Waals surface area (Å²) in [6, 6.07) is 12.5. The van der Waals surface area contributed by atoms with E-state index in [4.69, 9.17) is 5.73 Å². The summed E-state index contributed by atoms with van der Waals surface area (Å²) in [7, 11) is 0. The Morgan fingerprint density at radius 3 is 2.31 bits per heavy atom. The molecule has 1 aliphatic heterocycles. The Labute approximate surface area is 111 Å². The third-order valence-electron chi connectivity index (χ3n) is 2.37. The second-order valence-corrected chi connectivity index (χ2v) is 6.38. The van der Waals surface area contributed by atoms with Crippen molar-refractivity contribution in [3.63, 3.8) is 0 Å². The van der Waals surface area contributed by atoms with Gasteiger partial charge in [0, 0.05) is 25.3 Å². The smallest absolute Gasteiger partial charge is 0.0555 e. The van der Waals surface area contributed by atoms with E-state index >= 15 is 0 Å². The van der Waals surface area contributed by atoms with Crippen LogP contribution in [0.25, 0.3) is 0 Å². The van der Waals surface area contributed by atoms with Crippen LogP contribution in [0.15, 0.2) is 60.5 Å². The van der Waals surface area contributed by atoms with Gasteiger partial charge >= 0.3 is 0 Å². The summed E-state index contributed by atoms with van der Waals surface area (Å²) in [6.07, 6.45) is 0. The molecule has 1 aliphatic rings. The Balaban J connectivity index is 2.16. The molecule has 0 fully saturated rings. The molecular formula is C12H8BrNS2. The van der Waals surface area contributed by atoms with Gasteiger partial charge in [0.1, 0.15) is 0 Å². The van der Waals surface area contributed by atoms with E-state index in [0.717, 1.165) is 10.2 Å². The van der Waals surface area contributed by atoms with Crippen LogP contribution in [-0.4, -0.2) is 0 Å². The SMILES string of the molecule is Nc1ccc2c(c1Br)Sc1ccccc1S2. The second-order valence-electron chi connectivity index (χ2n) is 3.45. The van der Waals surface area contributed by atoms with E-state index in [1.54, 1.807) is 23.5 Å². The molecule has 3 rings (SSSR count). The van der Waals surface area contributed by atoms with Crippen molar-refractivity contribution in [2.75, 3.05) is 5.73 Å². The van der Waals surface area contributed by atoms with Crippen LogP contribution in [0, 0.1) is 0 Å². The van der Waals surface area contributed by atoms with Crippen LogP contribution in [0.1, 0.15) is 0 Å². The Hall–Kier alpha value is -0.580. The Morgan fingerprint density at radius 1 is 0.875 bits per heavy atom. The van der Waals surface area contributed by atoms with Crippen LogP contribution < -0.4 is 5.73 Å². The summed E-state index contributed by atoms with van der Waals surface area (Å²) in [5.41, 5.74) is 6.69. The lowest BCUT2D eigenvalue weighted by molar-refractivity contribution is 1.14. The number of benzene rings is 2. The molecule has 0 aliphatic carbocycles. The van der Waals surface area contributed by atoms with Crippen LogP contribution in [0.2, 0.25) is 0 Å². The highest BCUT2D eigenvalue weighted by Crippen LogP contribution is 2.51. The predicted molar refractivity (Wildman–Crippen MR) is 73.2 cm³/mol. The second kappa shape index (κ2) is 4.02. The number of hydrogen-bond acceptors (Lipinski definition) is 3. The minimum atomic E-state index is 0.797. The first-order chi connectivity index (χ1) is 7.75. The maximum atomic E-state index is 5.89. The molecule has 2 aromatic carbocycles. The lowest BCUT2D eigenvalue weighted by atomic mass is 10.3. The fourth-order valence-corrected chi connectivity index (χ4v) is 4.59. The Morgan fingerprint density at radius 2 is 1.56 bits per heavy atom. The van der Waals surface area contributed by atoms with Gasteiger partial charge in [-0.1, -0.05) is 35.7 Å². The molecule has 2 N–H and O–H groups in total. The van der Waals surface area contributed by atoms with Crippen molar-refractivity contribution in [2.24, 2.45) is 0 Å². The lowest BCUT2D eigenvalue weighted by Crippen LogP contribution is -1.94. The molecule has 80 valence electrons. The highest BCUT2D eigenvalue weighted by Gasteiger charge is 2.19. The Kier molecular flexibility index (Phi) is 2.65. The van der Waals surface area contributed by atoms with Gasteiger partial charge in [-0.3, -0.25) is 0 Å². The van der Waals surface area contributed by atoms with E-state index in [-0.39, 0.29) is 0 Å². The zero-order valence-electron chi connectivity index (χ0n) is 8.24. The summed E-state index contributed by atoms with van der Waals surface area (Å²) in [5, 5.41) is 0. The molecule has 1 nitrogen and oxygen atoms in total. The molecule has 0 aromatic heterocycles. The number of nitrogen functional groups attached to an aromatic ring is 1. The van der Waals surface area contributed by atoms with Crippen molar-refractivity contribution in [1.82, 2.24) is 0 Å². The van der Waals surface area contributed by atoms with E-state index in [1.807, 2.05) is 6.07 Å². The molecule has 2 aromatic rings.